The van der Waals surface area contributed by atoms with Crippen molar-refractivity contribution in [1.29, 1.82) is 0 Å². The average molecular weight is 338 g/mol. The highest BCUT2D eigenvalue weighted by atomic mass is 32.2. The van der Waals surface area contributed by atoms with E-state index < -0.39 is 15.9 Å². The molecule has 2 aromatic rings. The molecular weight excluding hydrogens is 320 g/mol. The third kappa shape index (κ3) is 3.92. The molecule has 1 atom stereocenters. The van der Waals surface area contributed by atoms with Crippen molar-refractivity contribution in [3.8, 4) is 0 Å². The maximum Gasteiger partial charge on any atom is 0.263 e. The number of aromatic nitrogens is 1. The molecule has 1 heterocycles. The number of thiazole rings is 1. The lowest BCUT2D eigenvalue weighted by Crippen LogP contribution is -2.37. The van der Waals surface area contributed by atoms with E-state index in [-0.39, 0.29) is 16.6 Å². The fourth-order valence-corrected chi connectivity index (χ4v) is 4.21. The summed E-state index contributed by atoms with van der Waals surface area (Å²) in [5.41, 5.74) is 3.25. The highest BCUT2D eigenvalue weighted by Gasteiger charge is 2.21. The number of amides is 1. The van der Waals surface area contributed by atoms with Gasteiger partial charge in [0.1, 0.15) is 4.88 Å². The summed E-state index contributed by atoms with van der Waals surface area (Å²) in [6, 6.07) is 6.22. The predicted octanol–water partition coefficient (Wildman–Crippen LogP) is 2.35. The van der Waals surface area contributed by atoms with Gasteiger partial charge in [-0.2, -0.15) is 0 Å². The summed E-state index contributed by atoms with van der Waals surface area (Å²) >= 11 is 1.24. The van der Waals surface area contributed by atoms with Crippen LogP contribution in [-0.4, -0.2) is 31.1 Å². The molecule has 1 aromatic carbocycles. The summed E-state index contributed by atoms with van der Waals surface area (Å²) in [5.74, 6) is -0.425. The van der Waals surface area contributed by atoms with Crippen molar-refractivity contribution in [1.82, 2.24) is 10.3 Å². The molecule has 5 nitrogen and oxygen atoms in total. The van der Waals surface area contributed by atoms with Crippen LogP contribution in [0.25, 0.3) is 0 Å². The molecule has 0 unspecified atom stereocenters. The quantitative estimate of drug-likeness (QED) is 0.908. The van der Waals surface area contributed by atoms with E-state index in [9.17, 15) is 13.2 Å². The Morgan fingerprint density at radius 3 is 2.45 bits per heavy atom. The van der Waals surface area contributed by atoms with Crippen molar-refractivity contribution in [3.05, 3.63) is 45.9 Å². The van der Waals surface area contributed by atoms with E-state index in [0.717, 1.165) is 5.56 Å². The minimum Gasteiger partial charge on any atom is -0.348 e. The number of sulfone groups is 1. The maximum atomic E-state index is 12.3. The normalized spacial score (nSPS) is 12.9. The molecule has 1 amide bonds. The van der Waals surface area contributed by atoms with Gasteiger partial charge in [0.05, 0.1) is 21.9 Å². The number of aryl methyl sites for hydroxylation is 2. The Morgan fingerprint density at radius 2 is 1.91 bits per heavy atom. The highest BCUT2D eigenvalue weighted by molar-refractivity contribution is 7.91. The molecule has 0 aliphatic heterocycles. The largest absolute Gasteiger partial charge is 0.348 e. The first-order valence-corrected chi connectivity index (χ1v) is 9.33. The summed E-state index contributed by atoms with van der Waals surface area (Å²) in [5, 5.41) is 2.71. The Kier molecular flexibility index (Phi) is 4.97. The smallest absolute Gasteiger partial charge is 0.263 e. The summed E-state index contributed by atoms with van der Waals surface area (Å²) in [6.07, 6.45) is 0. The Balaban J connectivity index is 2.05. The van der Waals surface area contributed by atoms with E-state index >= 15 is 0 Å². The van der Waals surface area contributed by atoms with E-state index in [1.54, 1.807) is 43.6 Å². The third-order valence-corrected chi connectivity index (χ3v) is 6.04. The van der Waals surface area contributed by atoms with Crippen LogP contribution in [0.3, 0.4) is 0 Å². The summed E-state index contributed by atoms with van der Waals surface area (Å²) in [7, 11) is -3.43. The first-order valence-electron chi connectivity index (χ1n) is 6.80. The number of nitrogens with one attached hydrogen (secondary N) is 1. The molecule has 0 fully saturated rings. The van der Waals surface area contributed by atoms with Crippen LogP contribution in [0.1, 0.15) is 27.9 Å². The summed E-state index contributed by atoms with van der Waals surface area (Å²) < 4.78 is 24.7. The minimum absolute atomic E-state index is 0.139. The van der Waals surface area contributed by atoms with Gasteiger partial charge in [-0.05, 0) is 32.9 Å². The van der Waals surface area contributed by atoms with Crippen LogP contribution < -0.4 is 5.32 Å². The number of rotatable bonds is 5. The maximum absolute atomic E-state index is 12.3. The number of carbonyl (C=O) groups excluding carboxylic acids is 1. The molecular formula is C15H18N2O3S2. The monoisotopic (exact) mass is 338 g/mol. The van der Waals surface area contributed by atoms with Gasteiger partial charge >= 0.3 is 0 Å². The van der Waals surface area contributed by atoms with E-state index in [2.05, 4.69) is 10.3 Å². The molecule has 1 N–H and O–H groups in total. The lowest BCUT2D eigenvalue weighted by Gasteiger charge is -2.14. The minimum atomic E-state index is -3.43. The van der Waals surface area contributed by atoms with Gasteiger partial charge in [0.25, 0.3) is 5.91 Å². The molecule has 0 aliphatic carbocycles. The molecule has 2 rings (SSSR count). The van der Waals surface area contributed by atoms with Gasteiger partial charge < -0.3 is 5.32 Å². The predicted molar refractivity (Wildman–Crippen MR) is 87.0 cm³/mol. The van der Waals surface area contributed by atoms with Gasteiger partial charge in [-0.3, -0.25) is 4.79 Å². The zero-order valence-corrected chi connectivity index (χ0v) is 14.3. The molecule has 1 aromatic heterocycles. The van der Waals surface area contributed by atoms with E-state index in [0.29, 0.717) is 10.6 Å². The van der Waals surface area contributed by atoms with Crippen molar-refractivity contribution in [2.45, 2.75) is 31.7 Å². The highest BCUT2D eigenvalue weighted by Crippen LogP contribution is 2.15. The Hall–Kier alpha value is -1.73. The summed E-state index contributed by atoms with van der Waals surface area (Å²) in [4.78, 5) is 16.9. The van der Waals surface area contributed by atoms with Crippen LogP contribution >= 0.6 is 11.3 Å². The van der Waals surface area contributed by atoms with Crippen molar-refractivity contribution in [2.75, 3.05) is 5.75 Å². The van der Waals surface area contributed by atoms with Gasteiger partial charge in [-0.1, -0.05) is 17.7 Å². The van der Waals surface area contributed by atoms with Crippen LogP contribution in [0.15, 0.2) is 34.7 Å². The number of hydrogen-bond acceptors (Lipinski definition) is 5. The SMILES string of the molecule is Cc1ccc(S(=O)(=O)C[C@@H](C)NC(=O)c2scnc2C)cc1. The van der Waals surface area contributed by atoms with E-state index in [1.807, 2.05) is 6.92 Å². The molecule has 0 saturated heterocycles. The molecule has 7 heteroatoms. The van der Waals surface area contributed by atoms with Crippen molar-refractivity contribution < 1.29 is 13.2 Å². The topological polar surface area (TPSA) is 76.1 Å². The van der Waals surface area contributed by atoms with Crippen LogP contribution in [-0.2, 0) is 9.84 Å². The van der Waals surface area contributed by atoms with E-state index in [4.69, 9.17) is 0 Å². The molecule has 0 bridgehead atoms. The third-order valence-electron chi connectivity index (χ3n) is 3.18. The fourth-order valence-electron chi connectivity index (χ4n) is 2.02. The van der Waals surface area contributed by atoms with Crippen molar-refractivity contribution in [2.24, 2.45) is 0 Å². The molecule has 0 saturated carbocycles. The summed E-state index contributed by atoms with van der Waals surface area (Å²) in [6.45, 7) is 5.33. The van der Waals surface area contributed by atoms with Crippen LogP contribution in [0.4, 0.5) is 0 Å². The Morgan fingerprint density at radius 1 is 1.27 bits per heavy atom. The Bertz CT molecular complexity index is 764. The van der Waals surface area contributed by atoms with Gasteiger partial charge in [0.2, 0.25) is 0 Å². The van der Waals surface area contributed by atoms with Crippen LogP contribution in [0, 0.1) is 13.8 Å². The van der Waals surface area contributed by atoms with Crippen LogP contribution in [0.5, 0.6) is 0 Å². The van der Waals surface area contributed by atoms with Gasteiger partial charge in [0.15, 0.2) is 9.84 Å². The molecule has 0 spiro atoms. The van der Waals surface area contributed by atoms with E-state index in [1.165, 1.54) is 11.3 Å². The molecule has 22 heavy (non-hydrogen) atoms. The number of hydrogen-bond donors (Lipinski definition) is 1. The molecule has 0 radical (unpaired) electrons. The second-order valence-corrected chi connectivity index (χ2v) is 8.12. The Labute approximate surface area is 134 Å². The van der Waals surface area contributed by atoms with Crippen LogP contribution in [0.2, 0.25) is 0 Å². The molecule has 0 aliphatic rings. The second kappa shape index (κ2) is 6.58. The van der Waals surface area contributed by atoms with Gasteiger partial charge in [-0.15, -0.1) is 11.3 Å². The zero-order valence-electron chi connectivity index (χ0n) is 12.7. The zero-order chi connectivity index (χ0) is 16.3. The first kappa shape index (κ1) is 16.6. The van der Waals surface area contributed by atoms with Crippen molar-refractivity contribution in [3.63, 3.8) is 0 Å². The average Bonchev–Trinajstić information content (AvgIpc) is 2.84. The number of carbonyl (C=O) groups is 1. The lowest BCUT2D eigenvalue weighted by atomic mass is 10.2. The van der Waals surface area contributed by atoms with Gasteiger partial charge in [-0.25, -0.2) is 13.4 Å². The van der Waals surface area contributed by atoms with Crippen molar-refractivity contribution >= 4 is 27.1 Å². The number of benzene rings is 1. The van der Waals surface area contributed by atoms with Gasteiger partial charge in [0, 0.05) is 6.04 Å². The first-order chi connectivity index (χ1) is 10.3. The fraction of sp³-hybridized carbons (Fsp3) is 0.333. The second-order valence-electron chi connectivity index (χ2n) is 5.24. The lowest BCUT2D eigenvalue weighted by molar-refractivity contribution is 0.0947. The molecule has 118 valence electrons. The number of nitrogens with zero attached hydrogens (tertiary/aromatic N) is 1. The standard InChI is InChI=1S/C15H18N2O3S2/c1-10-4-6-13(7-5-10)22(19,20)8-11(2)17-15(18)14-12(3)16-9-21-14/h4-7,9,11H,8H2,1-3H3,(H,17,18)/t11-/m1/s1.